The third-order valence-electron chi connectivity index (χ3n) is 2.72. The van der Waals surface area contributed by atoms with Crippen molar-refractivity contribution in [3.8, 4) is 0 Å². The molecule has 7 heteroatoms. The summed E-state index contributed by atoms with van der Waals surface area (Å²) in [7, 11) is -3.62. The summed E-state index contributed by atoms with van der Waals surface area (Å²) in [6, 6.07) is 10.5. The molecule has 0 atom stereocenters. The van der Waals surface area contributed by atoms with Gasteiger partial charge in [-0.05, 0) is 23.3 Å². The molecule has 0 aliphatic carbocycles. The fourth-order valence-electron chi connectivity index (χ4n) is 1.58. The molecular weight excluding hydrogens is 342 g/mol. The maximum atomic E-state index is 12.1. The normalized spacial score (nSPS) is 11.5. The van der Waals surface area contributed by atoms with E-state index in [1.165, 1.54) is 12.3 Å². The Morgan fingerprint density at radius 3 is 2.55 bits per heavy atom. The minimum atomic E-state index is -3.62. The topological polar surface area (TPSA) is 85.1 Å². The van der Waals surface area contributed by atoms with Gasteiger partial charge in [-0.2, -0.15) is 0 Å². The van der Waals surface area contributed by atoms with Gasteiger partial charge in [0.05, 0.1) is 0 Å². The van der Waals surface area contributed by atoms with E-state index >= 15 is 0 Å². The van der Waals surface area contributed by atoms with Crippen molar-refractivity contribution in [1.82, 2.24) is 9.71 Å². The number of pyridine rings is 1. The zero-order chi connectivity index (χ0) is 14.6. The van der Waals surface area contributed by atoms with Crippen LogP contribution in [0.5, 0.6) is 0 Å². The third kappa shape index (κ3) is 3.63. The van der Waals surface area contributed by atoms with E-state index in [0.29, 0.717) is 6.54 Å². The molecule has 2 rings (SSSR count). The SMILES string of the molecule is NCc1ccc(S(=O)(=O)NCc2ccccc2Br)nc1. The fraction of sp³-hybridized carbons (Fsp3) is 0.154. The summed E-state index contributed by atoms with van der Waals surface area (Å²) in [5.41, 5.74) is 7.09. The largest absolute Gasteiger partial charge is 0.326 e. The molecule has 0 spiro atoms. The molecule has 0 amide bonds. The quantitative estimate of drug-likeness (QED) is 0.855. The number of halogens is 1. The molecule has 1 heterocycles. The van der Waals surface area contributed by atoms with Gasteiger partial charge in [0, 0.05) is 23.8 Å². The van der Waals surface area contributed by atoms with Gasteiger partial charge in [0.1, 0.15) is 0 Å². The van der Waals surface area contributed by atoms with E-state index in [2.05, 4.69) is 25.6 Å². The molecule has 0 radical (unpaired) electrons. The van der Waals surface area contributed by atoms with E-state index in [1.54, 1.807) is 6.07 Å². The van der Waals surface area contributed by atoms with Crippen LogP contribution < -0.4 is 10.5 Å². The highest BCUT2D eigenvalue weighted by atomic mass is 79.9. The first kappa shape index (κ1) is 15.1. The lowest BCUT2D eigenvalue weighted by atomic mass is 10.2. The van der Waals surface area contributed by atoms with E-state index in [-0.39, 0.29) is 11.6 Å². The molecular formula is C13H14BrN3O2S. The minimum Gasteiger partial charge on any atom is -0.326 e. The highest BCUT2D eigenvalue weighted by molar-refractivity contribution is 9.10. The molecule has 106 valence electrons. The van der Waals surface area contributed by atoms with Crippen LogP contribution in [0.4, 0.5) is 0 Å². The number of benzene rings is 1. The zero-order valence-corrected chi connectivity index (χ0v) is 13.0. The first-order valence-electron chi connectivity index (χ1n) is 5.91. The Bertz CT molecular complexity index is 687. The van der Waals surface area contributed by atoms with E-state index < -0.39 is 10.0 Å². The molecule has 0 aliphatic heterocycles. The van der Waals surface area contributed by atoms with Crippen LogP contribution in [0, 0.1) is 0 Å². The van der Waals surface area contributed by atoms with Crippen molar-refractivity contribution >= 4 is 26.0 Å². The average molecular weight is 356 g/mol. The number of nitrogens with two attached hydrogens (primary N) is 1. The van der Waals surface area contributed by atoms with Gasteiger partial charge in [0.2, 0.25) is 0 Å². The van der Waals surface area contributed by atoms with Crippen LogP contribution in [0.15, 0.2) is 52.1 Å². The van der Waals surface area contributed by atoms with Gasteiger partial charge in [-0.15, -0.1) is 0 Å². The number of rotatable bonds is 5. The molecule has 0 saturated heterocycles. The molecule has 1 aromatic carbocycles. The molecule has 2 aromatic rings. The predicted molar refractivity (Wildman–Crippen MR) is 80.3 cm³/mol. The summed E-state index contributed by atoms with van der Waals surface area (Å²) in [6.45, 7) is 0.530. The smallest absolute Gasteiger partial charge is 0.258 e. The van der Waals surface area contributed by atoms with Gasteiger partial charge in [0.25, 0.3) is 10.0 Å². The number of hydrogen-bond donors (Lipinski definition) is 2. The maximum Gasteiger partial charge on any atom is 0.258 e. The number of aromatic nitrogens is 1. The second kappa shape index (κ2) is 6.45. The fourth-order valence-corrected chi connectivity index (χ4v) is 2.94. The maximum absolute atomic E-state index is 12.1. The standard InChI is InChI=1S/C13H14BrN3O2S/c14-12-4-2-1-3-11(12)9-17-20(18,19)13-6-5-10(7-15)8-16-13/h1-6,8,17H,7,9,15H2. The second-order valence-corrected chi connectivity index (χ2v) is 6.69. The highest BCUT2D eigenvalue weighted by Crippen LogP contribution is 2.16. The Morgan fingerprint density at radius 1 is 1.20 bits per heavy atom. The second-order valence-electron chi connectivity index (χ2n) is 4.12. The van der Waals surface area contributed by atoms with Crippen molar-refractivity contribution in [1.29, 1.82) is 0 Å². The van der Waals surface area contributed by atoms with Crippen molar-refractivity contribution in [3.05, 3.63) is 58.2 Å². The van der Waals surface area contributed by atoms with Crippen LogP contribution in [0.3, 0.4) is 0 Å². The molecule has 0 fully saturated rings. The molecule has 5 nitrogen and oxygen atoms in total. The van der Waals surface area contributed by atoms with Crippen LogP contribution >= 0.6 is 15.9 Å². The summed E-state index contributed by atoms with van der Waals surface area (Å²) in [5.74, 6) is 0. The van der Waals surface area contributed by atoms with E-state index in [1.807, 2.05) is 24.3 Å². The van der Waals surface area contributed by atoms with Crippen LogP contribution in [0.1, 0.15) is 11.1 Å². The zero-order valence-electron chi connectivity index (χ0n) is 10.6. The first-order valence-corrected chi connectivity index (χ1v) is 8.18. The van der Waals surface area contributed by atoms with E-state index in [4.69, 9.17) is 5.73 Å². The Kier molecular flexibility index (Phi) is 4.87. The monoisotopic (exact) mass is 355 g/mol. The molecule has 0 aliphatic rings. The summed E-state index contributed by atoms with van der Waals surface area (Å²) >= 11 is 3.37. The van der Waals surface area contributed by atoms with Gasteiger partial charge in [-0.25, -0.2) is 18.1 Å². The Balaban J connectivity index is 2.13. The van der Waals surface area contributed by atoms with Crippen LogP contribution in [-0.2, 0) is 23.1 Å². The van der Waals surface area contributed by atoms with Crippen LogP contribution in [0.25, 0.3) is 0 Å². The van der Waals surface area contributed by atoms with Gasteiger partial charge in [-0.3, -0.25) is 0 Å². The van der Waals surface area contributed by atoms with Gasteiger partial charge >= 0.3 is 0 Å². The lowest BCUT2D eigenvalue weighted by molar-refractivity contribution is 0.577. The van der Waals surface area contributed by atoms with Gasteiger partial charge in [-0.1, -0.05) is 40.2 Å². The van der Waals surface area contributed by atoms with Crippen molar-refractivity contribution in [2.24, 2.45) is 5.73 Å². The lowest BCUT2D eigenvalue weighted by Gasteiger charge is -2.08. The van der Waals surface area contributed by atoms with Gasteiger partial charge in [0.15, 0.2) is 5.03 Å². The number of hydrogen-bond acceptors (Lipinski definition) is 4. The molecule has 3 N–H and O–H groups in total. The summed E-state index contributed by atoms with van der Waals surface area (Å²) in [5, 5.41) is -0.0123. The van der Waals surface area contributed by atoms with Crippen molar-refractivity contribution < 1.29 is 8.42 Å². The molecule has 0 bridgehead atoms. The van der Waals surface area contributed by atoms with Crippen LogP contribution in [-0.4, -0.2) is 13.4 Å². The molecule has 0 unspecified atom stereocenters. The summed E-state index contributed by atoms with van der Waals surface area (Å²) in [6.07, 6.45) is 1.47. The first-order chi connectivity index (χ1) is 9.53. The highest BCUT2D eigenvalue weighted by Gasteiger charge is 2.15. The number of sulfonamides is 1. The van der Waals surface area contributed by atoms with Gasteiger partial charge < -0.3 is 5.73 Å². The molecule has 1 aromatic heterocycles. The number of nitrogens with one attached hydrogen (secondary N) is 1. The average Bonchev–Trinajstić information content (AvgIpc) is 2.46. The third-order valence-corrected chi connectivity index (χ3v) is 4.81. The minimum absolute atomic E-state index is 0.0123. The van der Waals surface area contributed by atoms with Crippen molar-refractivity contribution in [3.63, 3.8) is 0 Å². The van der Waals surface area contributed by atoms with Crippen LogP contribution in [0.2, 0.25) is 0 Å². The van der Waals surface area contributed by atoms with Crippen molar-refractivity contribution in [2.75, 3.05) is 0 Å². The Morgan fingerprint density at radius 2 is 1.95 bits per heavy atom. The summed E-state index contributed by atoms with van der Waals surface area (Å²) in [4.78, 5) is 3.91. The number of nitrogens with zero attached hydrogens (tertiary/aromatic N) is 1. The Labute approximate surface area is 126 Å². The van der Waals surface area contributed by atoms with E-state index in [0.717, 1.165) is 15.6 Å². The lowest BCUT2D eigenvalue weighted by Crippen LogP contribution is -2.24. The van der Waals surface area contributed by atoms with Crippen molar-refractivity contribution in [2.45, 2.75) is 18.1 Å². The Hall–Kier alpha value is -1.28. The van der Waals surface area contributed by atoms with E-state index in [9.17, 15) is 8.42 Å². The summed E-state index contributed by atoms with van der Waals surface area (Å²) < 4.78 is 27.6. The molecule has 0 saturated carbocycles. The predicted octanol–water partition coefficient (Wildman–Crippen LogP) is 1.78. The molecule has 20 heavy (non-hydrogen) atoms.